The van der Waals surface area contributed by atoms with Crippen molar-refractivity contribution in [3.63, 3.8) is 0 Å². The van der Waals surface area contributed by atoms with E-state index in [1.165, 1.54) is 13.2 Å². The second-order valence-electron chi connectivity index (χ2n) is 6.44. The Morgan fingerprint density at radius 3 is 2.65 bits per heavy atom. The fourth-order valence-corrected chi connectivity index (χ4v) is 3.36. The SMILES string of the molecule is COc1ccc(C)cc1NC(=O)CNC(=O)CSc1nnc2ccc(C(F)(F)F)cn12. The Balaban J connectivity index is 1.55. The predicted octanol–water partition coefficient (Wildman–Crippen LogP) is 2.91. The number of halogens is 3. The van der Waals surface area contributed by atoms with Gasteiger partial charge in [0.25, 0.3) is 0 Å². The monoisotopic (exact) mass is 453 g/mol. The summed E-state index contributed by atoms with van der Waals surface area (Å²) in [4.78, 5) is 24.2. The van der Waals surface area contributed by atoms with E-state index in [9.17, 15) is 22.8 Å². The minimum atomic E-state index is -4.51. The summed E-state index contributed by atoms with van der Waals surface area (Å²) in [6, 6.07) is 7.39. The number of benzene rings is 1. The molecule has 0 aliphatic carbocycles. The molecule has 12 heteroatoms. The fraction of sp³-hybridized carbons (Fsp3) is 0.263. The van der Waals surface area contributed by atoms with Crippen molar-refractivity contribution in [1.29, 1.82) is 0 Å². The van der Waals surface area contributed by atoms with Gasteiger partial charge in [0.05, 0.1) is 30.7 Å². The van der Waals surface area contributed by atoms with Gasteiger partial charge in [-0.05, 0) is 36.8 Å². The van der Waals surface area contributed by atoms with E-state index in [0.29, 0.717) is 11.4 Å². The molecule has 2 amide bonds. The number of pyridine rings is 1. The molecule has 3 aromatic rings. The van der Waals surface area contributed by atoms with Crippen LogP contribution in [0.15, 0.2) is 41.7 Å². The molecule has 0 spiro atoms. The van der Waals surface area contributed by atoms with Crippen LogP contribution in [-0.4, -0.2) is 45.8 Å². The highest BCUT2D eigenvalue weighted by atomic mass is 32.2. The second-order valence-corrected chi connectivity index (χ2v) is 7.39. The van der Waals surface area contributed by atoms with Gasteiger partial charge >= 0.3 is 6.18 Å². The molecule has 164 valence electrons. The molecule has 0 saturated carbocycles. The number of fused-ring (bicyclic) bond motifs is 1. The van der Waals surface area contributed by atoms with E-state index >= 15 is 0 Å². The first-order chi connectivity index (χ1) is 14.7. The van der Waals surface area contributed by atoms with Crippen molar-refractivity contribution in [2.75, 3.05) is 24.7 Å². The Labute approximate surface area is 179 Å². The van der Waals surface area contributed by atoms with Crippen molar-refractivity contribution >= 4 is 34.9 Å². The number of carbonyl (C=O) groups is 2. The topological polar surface area (TPSA) is 97.6 Å². The van der Waals surface area contributed by atoms with Gasteiger partial charge < -0.3 is 15.4 Å². The first-order valence-electron chi connectivity index (χ1n) is 8.93. The van der Waals surface area contributed by atoms with Gasteiger partial charge in [-0.2, -0.15) is 13.2 Å². The van der Waals surface area contributed by atoms with Crippen molar-refractivity contribution < 1.29 is 27.5 Å². The number of amides is 2. The van der Waals surface area contributed by atoms with Crippen LogP contribution < -0.4 is 15.4 Å². The Bertz CT molecular complexity index is 1120. The van der Waals surface area contributed by atoms with E-state index in [2.05, 4.69) is 20.8 Å². The Hall–Kier alpha value is -3.28. The molecular formula is C19H18F3N5O3S. The molecule has 0 fully saturated rings. The highest BCUT2D eigenvalue weighted by Crippen LogP contribution is 2.30. The molecule has 0 aliphatic rings. The van der Waals surface area contributed by atoms with Crippen LogP contribution in [0.25, 0.3) is 5.65 Å². The third kappa shape index (κ3) is 5.66. The summed E-state index contributed by atoms with van der Waals surface area (Å²) in [5.41, 5.74) is 0.772. The zero-order valence-electron chi connectivity index (χ0n) is 16.5. The van der Waals surface area contributed by atoms with E-state index in [4.69, 9.17) is 4.74 Å². The quantitative estimate of drug-likeness (QED) is 0.534. The first kappa shape index (κ1) is 22.4. The van der Waals surface area contributed by atoms with Crippen LogP contribution in [0.1, 0.15) is 11.1 Å². The lowest BCUT2D eigenvalue weighted by Gasteiger charge is -2.11. The van der Waals surface area contributed by atoms with Crippen LogP contribution in [-0.2, 0) is 15.8 Å². The van der Waals surface area contributed by atoms with Crippen LogP contribution in [0.2, 0.25) is 0 Å². The molecule has 2 N–H and O–H groups in total. The van der Waals surface area contributed by atoms with Gasteiger partial charge in [0.2, 0.25) is 11.8 Å². The molecule has 0 atom stereocenters. The molecule has 0 saturated heterocycles. The number of hydrogen-bond donors (Lipinski definition) is 2. The first-order valence-corrected chi connectivity index (χ1v) is 9.92. The van der Waals surface area contributed by atoms with Crippen LogP contribution >= 0.6 is 11.8 Å². The lowest BCUT2D eigenvalue weighted by molar-refractivity contribution is -0.137. The van der Waals surface area contributed by atoms with E-state index in [1.807, 2.05) is 13.0 Å². The molecular weight excluding hydrogens is 435 g/mol. The summed E-state index contributed by atoms with van der Waals surface area (Å²) in [7, 11) is 1.48. The molecule has 31 heavy (non-hydrogen) atoms. The number of aryl methyl sites for hydroxylation is 1. The maximum Gasteiger partial charge on any atom is 0.417 e. The molecule has 8 nitrogen and oxygen atoms in total. The number of carbonyl (C=O) groups excluding carboxylic acids is 2. The number of ether oxygens (including phenoxy) is 1. The number of aromatic nitrogens is 3. The maximum absolute atomic E-state index is 12.9. The van der Waals surface area contributed by atoms with Gasteiger partial charge in [0.1, 0.15) is 5.75 Å². The molecule has 3 rings (SSSR count). The molecule has 0 unspecified atom stereocenters. The van der Waals surface area contributed by atoms with Gasteiger partial charge in [0.15, 0.2) is 10.8 Å². The van der Waals surface area contributed by atoms with Crippen LogP contribution in [0.5, 0.6) is 5.75 Å². The Morgan fingerprint density at radius 1 is 1.16 bits per heavy atom. The van der Waals surface area contributed by atoms with E-state index in [-0.39, 0.29) is 23.1 Å². The number of nitrogens with one attached hydrogen (secondary N) is 2. The van der Waals surface area contributed by atoms with Gasteiger partial charge in [-0.15, -0.1) is 10.2 Å². The number of rotatable bonds is 7. The van der Waals surface area contributed by atoms with Crippen molar-refractivity contribution in [3.05, 3.63) is 47.7 Å². The summed E-state index contributed by atoms with van der Waals surface area (Å²) in [6.45, 7) is 1.58. The number of nitrogens with zero attached hydrogens (tertiary/aromatic N) is 3. The molecule has 2 aromatic heterocycles. The van der Waals surface area contributed by atoms with Crippen LogP contribution in [0.4, 0.5) is 18.9 Å². The number of alkyl halides is 3. The molecule has 0 aliphatic heterocycles. The molecule has 1 aromatic carbocycles. The van der Waals surface area contributed by atoms with Gasteiger partial charge in [0, 0.05) is 6.20 Å². The smallest absolute Gasteiger partial charge is 0.417 e. The average molecular weight is 453 g/mol. The van der Waals surface area contributed by atoms with Crippen molar-refractivity contribution in [1.82, 2.24) is 19.9 Å². The molecule has 0 bridgehead atoms. The average Bonchev–Trinajstić information content (AvgIpc) is 3.12. The minimum absolute atomic E-state index is 0.130. The molecule has 2 heterocycles. The largest absolute Gasteiger partial charge is 0.495 e. The summed E-state index contributed by atoms with van der Waals surface area (Å²) in [5, 5.41) is 12.8. The van der Waals surface area contributed by atoms with E-state index in [0.717, 1.165) is 34.0 Å². The fourth-order valence-electron chi connectivity index (χ4n) is 2.61. The third-order valence-corrected chi connectivity index (χ3v) is 5.05. The van der Waals surface area contributed by atoms with Gasteiger partial charge in [-0.3, -0.25) is 14.0 Å². The third-order valence-electron chi connectivity index (χ3n) is 4.11. The standard InChI is InChI=1S/C19H18F3N5O3S/c1-11-3-5-14(30-2)13(7-11)24-16(28)8-23-17(29)10-31-18-26-25-15-6-4-12(9-27(15)18)19(20,21)22/h3-7,9H,8,10H2,1-2H3,(H,23,29)(H,24,28). The summed E-state index contributed by atoms with van der Waals surface area (Å²) in [5.74, 6) is -0.610. The van der Waals surface area contributed by atoms with Crippen molar-refractivity contribution in [2.24, 2.45) is 0 Å². The van der Waals surface area contributed by atoms with Crippen LogP contribution in [0, 0.1) is 6.92 Å². The van der Waals surface area contributed by atoms with Gasteiger partial charge in [-0.25, -0.2) is 0 Å². The zero-order valence-corrected chi connectivity index (χ0v) is 17.3. The van der Waals surface area contributed by atoms with E-state index in [1.54, 1.807) is 12.1 Å². The summed E-state index contributed by atoms with van der Waals surface area (Å²) < 4.78 is 45.0. The normalized spacial score (nSPS) is 11.4. The Kier molecular flexibility index (Phi) is 6.68. The maximum atomic E-state index is 12.9. The Morgan fingerprint density at radius 2 is 1.94 bits per heavy atom. The summed E-state index contributed by atoms with van der Waals surface area (Å²) in [6.07, 6.45) is -3.64. The summed E-state index contributed by atoms with van der Waals surface area (Å²) >= 11 is 0.906. The molecule has 0 radical (unpaired) electrons. The number of anilines is 1. The predicted molar refractivity (Wildman–Crippen MR) is 108 cm³/mol. The minimum Gasteiger partial charge on any atom is -0.495 e. The highest BCUT2D eigenvalue weighted by molar-refractivity contribution is 7.99. The van der Waals surface area contributed by atoms with Crippen LogP contribution in [0.3, 0.4) is 0 Å². The highest BCUT2D eigenvalue weighted by Gasteiger charge is 2.31. The van der Waals surface area contributed by atoms with E-state index < -0.39 is 23.6 Å². The zero-order chi connectivity index (χ0) is 22.6. The van der Waals surface area contributed by atoms with Crippen molar-refractivity contribution in [3.8, 4) is 5.75 Å². The van der Waals surface area contributed by atoms with Crippen molar-refractivity contribution in [2.45, 2.75) is 18.3 Å². The second kappa shape index (κ2) is 9.25. The number of methoxy groups -OCH3 is 1. The number of hydrogen-bond acceptors (Lipinski definition) is 6. The lowest BCUT2D eigenvalue weighted by Crippen LogP contribution is -2.34. The van der Waals surface area contributed by atoms with Gasteiger partial charge in [-0.1, -0.05) is 17.8 Å². The number of thioether (sulfide) groups is 1. The lowest BCUT2D eigenvalue weighted by atomic mass is 10.2.